The van der Waals surface area contributed by atoms with Crippen LogP contribution in [0, 0.1) is 42.4 Å². The van der Waals surface area contributed by atoms with Crippen LogP contribution >= 0.6 is 22.7 Å². The number of likely N-dealkylation sites (tertiary alicyclic amines) is 3. The fourth-order valence-corrected chi connectivity index (χ4v) is 20.1. The Kier molecular flexibility index (Phi) is 18.2. The van der Waals surface area contributed by atoms with Crippen molar-refractivity contribution in [3.63, 3.8) is 0 Å². The van der Waals surface area contributed by atoms with E-state index in [9.17, 15) is 19.5 Å². The van der Waals surface area contributed by atoms with Crippen LogP contribution in [0.1, 0.15) is 163 Å². The highest BCUT2D eigenvalue weighted by Crippen LogP contribution is 2.72. The van der Waals surface area contributed by atoms with Gasteiger partial charge in [0.15, 0.2) is 16.8 Å². The summed E-state index contributed by atoms with van der Waals surface area (Å²) in [5.74, 6) is 0.454. The Morgan fingerprint density at radius 1 is 0.835 bits per heavy atom. The first-order valence-corrected chi connectivity index (χ1v) is 36.8. The number of rotatable bonds is 20. The number of nitrogens with one attached hydrogen (secondary N) is 3. The molecule has 4 saturated carbocycles. The van der Waals surface area contributed by atoms with Gasteiger partial charge in [0.05, 0.1) is 63.0 Å². The third kappa shape index (κ3) is 13.7. The first-order valence-electron chi connectivity index (χ1n) is 35.1. The molecule has 21 nitrogen and oxygen atoms in total. The second-order valence-corrected chi connectivity index (χ2v) is 33.0. The summed E-state index contributed by atoms with van der Waals surface area (Å²) in [4.78, 5) is 81.6. The van der Waals surface area contributed by atoms with E-state index in [1.54, 1.807) is 22.7 Å². The number of fused-ring (bicyclic) bond motifs is 2. The van der Waals surface area contributed by atoms with Crippen molar-refractivity contribution in [2.75, 3.05) is 69.2 Å². The van der Waals surface area contributed by atoms with Crippen LogP contribution < -0.4 is 20.9 Å². The van der Waals surface area contributed by atoms with Gasteiger partial charge >= 0.3 is 0 Å². The second-order valence-electron chi connectivity index (χ2n) is 31.2. The van der Waals surface area contributed by atoms with Gasteiger partial charge in [0.2, 0.25) is 17.7 Å². The summed E-state index contributed by atoms with van der Waals surface area (Å²) >= 11 is 3.15. The summed E-state index contributed by atoms with van der Waals surface area (Å²) in [5.41, 5.74) is 10.1. The Morgan fingerprint density at radius 3 is 2.31 bits per heavy atom. The monoisotopic (exact) mass is 1350 g/mol. The Hall–Kier alpha value is -7.28. The molecule has 0 radical (unpaired) electrons. The van der Waals surface area contributed by atoms with Gasteiger partial charge in [0.1, 0.15) is 30.2 Å². The topological polar surface area (TPSA) is 238 Å². The average Bonchev–Trinajstić information content (AvgIpc) is 0.720. The normalized spacial score (nSPS) is 25.6. The number of para-hydroxylation sites is 1. The lowest BCUT2D eigenvalue weighted by Gasteiger charge is -2.69. The second kappa shape index (κ2) is 26.4. The lowest BCUT2D eigenvalue weighted by Crippen LogP contribution is -2.64. The number of thiazole rings is 2. The first kappa shape index (κ1) is 66.9. The molecule has 4 N–H and O–H groups in total. The molecule has 2 unspecified atom stereocenters. The van der Waals surface area contributed by atoms with Gasteiger partial charge in [-0.25, -0.2) is 15.0 Å². The summed E-state index contributed by atoms with van der Waals surface area (Å²) < 4.78 is 16.8. The van der Waals surface area contributed by atoms with Crippen molar-refractivity contribution in [3.05, 3.63) is 106 Å². The maximum atomic E-state index is 15.5. The molecular weight excluding hydrogens is 1260 g/mol. The molecule has 0 spiro atoms. The maximum absolute atomic E-state index is 15.5. The van der Waals surface area contributed by atoms with E-state index in [4.69, 9.17) is 34.7 Å². The molecule has 7 aromatic rings. The van der Waals surface area contributed by atoms with Crippen molar-refractivity contribution in [3.8, 4) is 21.6 Å². The zero-order chi connectivity index (χ0) is 67.8. The van der Waals surface area contributed by atoms with E-state index in [1.165, 1.54) is 37.3 Å². The molecule has 97 heavy (non-hydrogen) atoms. The highest BCUT2D eigenvalue weighted by Gasteiger charge is 2.66. The van der Waals surface area contributed by atoms with Crippen LogP contribution in [0.3, 0.4) is 0 Å². The Bertz CT molecular complexity index is 4060. The van der Waals surface area contributed by atoms with Crippen LogP contribution in [0.4, 0.5) is 22.6 Å². The molecule has 514 valence electrons. The first-order chi connectivity index (χ1) is 46.4. The van der Waals surface area contributed by atoms with Crippen molar-refractivity contribution < 1.29 is 33.8 Å². The van der Waals surface area contributed by atoms with Crippen LogP contribution in [0.15, 0.2) is 72.4 Å². The number of pyridine rings is 1. The molecular formula is C74H94N14O7S2. The predicted molar refractivity (Wildman–Crippen MR) is 377 cm³/mol. The minimum Gasteiger partial charge on any atom is -0.391 e. The van der Waals surface area contributed by atoms with Gasteiger partial charge in [-0.1, -0.05) is 82.4 Å². The van der Waals surface area contributed by atoms with Crippen LogP contribution in [0.2, 0.25) is 0 Å². The highest BCUT2D eigenvalue weighted by molar-refractivity contribution is 7.22. The van der Waals surface area contributed by atoms with Crippen molar-refractivity contribution >= 4 is 79.1 Å². The maximum Gasteiger partial charge on any atom is 0.273 e. The molecule has 2 aromatic carbocycles. The summed E-state index contributed by atoms with van der Waals surface area (Å²) in [6.45, 7) is 24.6. The highest BCUT2D eigenvalue weighted by atomic mass is 32.1. The van der Waals surface area contributed by atoms with Gasteiger partial charge in [0.25, 0.3) is 5.91 Å². The van der Waals surface area contributed by atoms with Crippen LogP contribution in [0.5, 0.6) is 0 Å². The molecule has 8 atom stereocenters. The summed E-state index contributed by atoms with van der Waals surface area (Å²) in [6.07, 6.45) is 12.6. The van der Waals surface area contributed by atoms with E-state index in [1.807, 2.05) is 106 Å². The molecule has 9 heterocycles. The number of carbonyl (C=O) groups excluding carboxylic acids is 4. The van der Waals surface area contributed by atoms with Gasteiger partial charge in [-0.05, 0) is 175 Å². The van der Waals surface area contributed by atoms with Crippen LogP contribution in [0.25, 0.3) is 31.8 Å². The van der Waals surface area contributed by atoms with E-state index in [2.05, 4.69) is 69.2 Å². The van der Waals surface area contributed by atoms with Crippen LogP contribution in [-0.4, -0.2) is 167 Å². The third-order valence-electron chi connectivity index (χ3n) is 22.1. The number of benzene rings is 2. The number of anilines is 4. The fourth-order valence-electron chi connectivity index (χ4n) is 18.5. The number of piperidine rings is 1. The summed E-state index contributed by atoms with van der Waals surface area (Å²) in [7, 11) is 0. The van der Waals surface area contributed by atoms with Crippen LogP contribution in [-0.2, 0) is 36.8 Å². The quantitative estimate of drug-likeness (QED) is 0.0555. The molecule has 15 rings (SSSR count). The van der Waals surface area contributed by atoms with E-state index >= 15 is 4.79 Å². The van der Waals surface area contributed by atoms with Gasteiger partial charge in [-0.2, -0.15) is 5.10 Å². The van der Waals surface area contributed by atoms with E-state index in [-0.39, 0.29) is 65.4 Å². The lowest BCUT2D eigenvalue weighted by atomic mass is 9.39. The minimum absolute atomic E-state index is 0.0161. The largest absolute Gasteiger partial charge is 0.391 e. The molecule has 23 heteroatoms. The number of aliphatic hydroxyl groups excluding tert-OH is 1. The van der Waals surface area contributed by atoms with Gasteiger partial charge < -0.3 is 50.1 Å². The molecule has 3 saturated heterocycles. The van der Waals surface area contributed by atoms with Gasteiger partial charge in [-0.15, -0.1) is 21.5 Å². The molecule has 4 aliphatic carbocycles. The van der Waals surface area contributed by atoms with Gasteiger partial charge in [0, 0.05) is 73.6 Å². The molecule has 8 aliphatic rings. The third-order valence-corrected chi connectivity index (χ3v) is 24.0. The molecule has 4 bridgehead atoms. The lowest BCUT2D eigenvalue weighted by molar-refractivity contribution is -0.248. The fraction of sp³-hybridized carbons (Fsp3) is 0.568. The number of hydrogen-bond acceptors (Lipinski definition) is 18. The van der Waals surface area contributed by atoms with E-state index in [0.29, 0.717) is 61.2 Å². The number of aromatic nitrogens is 7. The van der Waals surface area contributed by atoms with Crippen molar-refractivity contribution in [1.29, 1.82) is 0 Å². The Morgan fingerprint density at radius 2 is 1.59 bits per heavy atom. The number of aliphatic hydroxyl groups is 1. The zero-order valence-electron chi connectivity index (χ0n) is 57.7. The number of ether oxygens (including phenoxy) is 2. The predicted octanol–water partition coefficient (Wildman–Crippen LogP) is 11.4. The molecule has 7 fully saturated rings. The number of carbonyl (C=O) groups is 4. The summed E-state index contributed by atoms with van der Waals surface area (Å²) in [5, 5.41) is 36.0. The smallest absolute Gasteiger partial charge is 0.273 e. The van der Waals surface area contributed by atoms with Crippen molar-refractivity contribution in [2.24, 2.45) is 21.7 Å². The zero-order valence-corrected chi connectivity index (χ0v) is 59.3. The van der Waals surface area contributed by atoms with Gasteiger partial charge in [-0.3, -0.25) is 23.9 Å². The SMILES string of the molecule is Cc1ncsc1-c1ccc([C@H](C)NC(=O)[C@@H]2C[C@@H](O)CN2C(=O)[C@@H](NC(=O)COC2CCN(C(=O)c3nc(N4CCCc5c4nnc(Nc4nc6ccccc6s4)c5C)ccc3-c3cnn(CC45CC6(OCCN7CCCC7)C[C@](C)(C4)C[C@](C)(C5)C6)c3C)CC2)C(C)(C)C)cc1. The van der Waals surface area contributed by atoms with Crippen molar-refractivity contribution in [1.82, 2.24) is 60.3 Å². The Balaban J connectivity index is 0.668. The minimum atomic E-state index is -1.03. The number of β-amino-alcohol motifs (C(OH)–C–C–N with tert-alkyl or cyclic N) is 1. The summed E-state index contributed by atoms with van der Waals surface area (Å²) in [6, 6.07) is 17.7. The number of hydrogen-bond donors (Lipinski definition) is 4. The molecule has 5 aromatic heterocycles. The number of amides is 4. The van der Waals surface area contributed by atoms with Crippen molar-refractivity contribution in [2.45, 2.75) is 188 Å². The number of aryl methyl sites for hydroxylation is 1. The number of nitrogens with zero attached hydrogens (tertiary/aromatic N) is 11. The molecule has 4 amide bonds. The molecule has 4 aliphatic heterocycles. The van der Waals surface area contributed by atoms with E-state index in [0.717, 1.165) is 124 Å². The standard InChI is InChI=1S/C74H94N14O7S2/c1-45-53-15-14-28-86(65(53)83-82-64(45)81-69-78-56-16-10-11-17-58(56)97-69)59-23-22-54(55-34-76-88(48(55)4)43-73-38-71(8)37-72(9,39-73)41-74(40-71,42-73)95-32-31-84-26-12-13-27-84)61(79-59)67(92)85-29-24-52(25-30-85)94-36-60(90)80-63(70(5,6)7)68(93)87-35-51(89)33-57(87)66(91)77-46(2)49-18-20-50(21-19-49)62-47(3)75-44-96-62/h10-11,16-23,34,44,46,51-52,57,63,89H,12-15,24-33,35-43H2,1-9H3,(H,77,91)(H,80,90)(H,78,81,82)/t46-,51+,57-,63+,71-,72+,73?,74?/m0/s1. The Labute approximate surface area is 576 Å². The van der Waals surface area contributed by atoms with E-state index < -0.39 is 35.4 Å². The average molecular weight is 1360 g/mol.